The van der Waals surface area contributed by atoms with Gasteiger partial charge >= 0.3 is 0 Å². The van der Waals surface area contributed by atoms with Crippen molar-refractivity contribution in [2.75, 3.05) is 4.72 Å². The zero-order valence-electron chi connectivity index (χ0n) is 16.0. The Morgan fingerprint density at radius 2 is 1.68 bits per heavy atom. The van der Waals surface area contributed by atoms with Gasteiger partial charge in [-0.3, -0.25) is 19.7 Å². The lowest BCUT2D eigenvalue weighted by Gasteiger charge is -2.10. The molecule has 7 nitrogen and oxygen atoms in total. The fourth-order valence-electron chi connectivity index (χ4n) is 3.12. The maximum atomic E-state index is 12.6. The fourth-order valence-corrected chi connectivity index (χ4v) is 4.75. The van der Waals surface area contributed by atoms with Crippen molar-refractivity contribution in [2.24, 2.45) is 0 Å². The molecule has 5 rings (SSSR count). The van der Waals surface area contributed by atoms with E-state index in [1.807, 2.05) is 18.2 Å². The third-order valence-corrected chi connectivity index (χ3v) is 6.80. The molecule has 152 valence electrons. The highest BCUT2D eigenvalue weighted by molar-refractivity contribution is 7.92. The van der Waals surface area contributed by atoms with Crippen LogP contribution in [0.5, 0.6) is 0 Å². The van der Waals surface area contributed by atoms with Crippen LogP contribution in [0.15, 0.2) is 89.8 Å². The molecule has 1 N–H and O–H groups in total. The number of pyridine rings is 1. The summed E-state index contributed by atoms with van der Waals surface area (Å²) in [5, 5.41) is 0. The highest BCUT2D eigenvalue weighted by atomic mass is 32.2. The Kier molecular flexibility index (Phi) is 4.89. The third kappa shape index (κ3) is 4.00. The maximum absolute atomic E-state index is 12.6. The summed E-state index contributed by atoms with van der Waals surface area (Å²) in [5.74, 6) is 0. The van der Waals surface area contributed by atoms with Gasteiger partial charge in [-0.05, 0) is 35.9 Å². The standard InChI is InChI=1S/C22H15N5O2S2/c28-31(29,18-4-2-1-3-5-18)27-17-8-16(10-23-11-17)15-6-7-19-20(9-15)26-21(12-25-19)22-13-24-14-30-22/h1-14,27H. The smallest absolute Gasteiger partial charge is 0.261 e. The van der Waals surface area contributed by atoms with E-state index in [1.165, 1.54) is 17.5 Å². The van der Waals surface area contributed by atoms with E-state index in [4.69, 9.17) is 4.98 Å². The first-order valence-electron chi connectivity index (χ1n) is 9.27. The van der Waals surface area contributed by atoms with E-state index in [9.17, 15) is 8.42 Å². The molecule has 3 heterocycles. The van der Waals surface area contributed by atoms with Crippen LogP contribution in [0, 0.1) is 0 Å². The molecule has 3 aromatic heterocycles. The molecule has 2 aromatic carbocycles. The van der Waals surface area contributed by atoms with Gasteiger partial charge in [0.1, 0.15) is 5.69 Å². The Labute approximate surface area is 182 Å². The molecular formula is C22H15N5O2S2. The molecule has 0 fully saturated rings. The average Bonchev–Trinajstić information content (AvgIpc) is 3.34. The minimum atomic E-state index is -3.69. The summed E-state index contributed by atoms with van der Waals surface area (Å²) in [6, 6.07) is 15.7. The molecule has 0 saturated heterocycles. The molecule has 0 atom stereocenters. The predicted octanol–water partition coefficient (Wildman–Crippen LogP) is 4.62. The zero-order valence-corrected chi connectivity index (χ0v) is 17.6. The number of anilines is 1. The van der Waals surface area contributed by atoms with E-state index in [0.717, 1.165) is 32.7 Å². The fraction of sp³-hybridized carbons (Fsp3) is 0. The molecular weight excluding hydrogens is 430 g/mol. The largest absolute Gasteiger partial charge is 0.278 e. The molecule has 5 aromatic rings. The van der Waals surface area contributed by atoms with E-state index in [1.54, 1.807) is 60.5 Å². The maximum Gasteiger partial charge on any atom is 0.261 e. The Morgan fingerprint density at radius 3 is 2.48 bits per heavy atom. The summed E-state index contributed by atoms with van der Waals surface area (Å²) in [6.07, 6.45) is 6.65. The number of fused-ring (bicyclic) bond motifs is 1. The lowest BCUT2D eigenvalue weighted by atomic mass is 10.1. The summed E-state index contributed by atoms with van der Waals surface area (Å²) in [5.41, 5.74) is 6.02. The lowest BCUT2D eigenvalue weighted by Crippen LogP contribution is -2.12. The highest BCUT2D eigenvalue weighted by Gasteiger charge is 2.14. The van der Waals surface area contributed by atoms with Crippen LogP contribution < -0.4 is 4.72 Å². The summed E-state index contributed by atoms with van der Waals surface area (Å²) in [4.78, 5) is 18.6. The van der Waals surface area contributed by atoms with Gasteiger partial charge in [0.05, 0.1) is 44.4 Å². The van der Waals surface area contributed by atoms with Crippen molar-refractivity contribution in [3.05, 3.63) is 84.9 Å². The summed E-state index contributed by atoms with van der Waals surface area (Å²) < 4.78 is 27.8. The number of hydrogen-bond acceptors (Lipinski definition) is 7. The van der Waals surface area contributed by atoms with Crippen LogP contribution >= 0.6 is 11.3 Å². The number of nitrogens with zero attached hydrogens (tertiary/aromatic N) is 4. The van der Waals surface area contributed by atoms with Crippen LogP contribution in [-0.4, -0.2) is 28.4 Å². The van der Waals surface area contributed by atoms with Gasteiger partial charge in [-0.1, -0.05) is 24.3 Å². The number of aromatic nitrogens is 4. The molecule has 0 aliphatic rings. The topological polar surface area (TPSA) is 97.7 Å². The normalized spacial score (nSPS) is 11.5. The Bertz CT molecular complexity index is 1470. The molecule has 0 bridgehead atoms. The van der Waals surface area contributed by atoms with E-state index < -0.39 is 10.0 Å². The molecule has 31 heavy (non-hydrogen) atoms. The second kappa shape index (κ2) is 7.86. The first-order chi connectivity index (χ1) is 15.1. The van der Waals surface area contributed by atoms with Crippen molar-refractivity contribution in [2.45, 2.75) is 4.90 Å². The van der Waals surface area contributed by atoms with Gasteiger partial charge < -0.3 is 0 Å². The van der Waals surface area contributed by atoms with Crippen LogP contribution in [-0.2, 0) is 10.0 Å². The first-order valence-corrected chi connectivity index (χ1v) is 11.6. The Balaban J connectivity index is 1.49. The molecule has 9 heteroatoms. The van der Waals surface area contributed by atoms with Crippen LogP contribution in [0.3, 0.4) is 0 Å². The number of benzene rings is 2. The highest BCUT2D eigenvalue weighted by Crippen LogP contribution is 2.27. The van der Waals surface area contributed by atoms with Gasteiger partial charge in [-0.15, -0.1) is 11.3 Å². The molecule has 0 aliphatic heterocycles. The van der Waals surface area contributed by atoms with Crippen molar-refractivity contribution in [3.8, 4) is 21.7 Å². The second-order valence-corrected chi connectivity index (χ2v) is 9.27. The van der Waals surface area contributed by atoms with Gasteiger partial charge in [0, 0.05) is 18.0 Å². The Morgan fingerprint density at radius 1 is 0.806 bits per heavy atom. The Hall–Kier alpha value is -3.69. The van der Waals surface area contributed by atoms with E-state index >= 15 is 0 Å². The van der Waals surface area contributed by atoms with E-state index in [2.05, 4.69) is 19.7 Å². The number of thiazole rings is 1. The molecule has 0 unspecified atom stereocenters. The quantitative estimate of drug-likeness (QED) is 0.424. The zero-order chi connectivity index (χ0) is 21.3. The number of hydrogen-bond donors (Lipinski definition) is 1. The summed E-state index contributed by atoms with van der Waals surface area (Å²) >= 11 is 1.50. The van der Waals surface area contributed by atoms with E-state index in [0.29, 0.717) is 5.69 Å². The molecule has 0 radical (unpaired) electrons. The van der Waals surface area contributed by atoms with Gasteiger partial charge in [-0.25, -0.2) is 13.4 Å². The lowest BCUT2D eigenvalue weighted by molar-refractivity contribution is 0.601. The van der Waals surface area contributed by atoms with Crippen molar-refractivity contribution < 1.29 is 8.42 Å². The second-order valence-electron chi connectivity index (χ2n) is 6.71. The summed E-state index contributed by atoms with van der Waals surface area (Å²) in [6.45, 7) is 0. The van der Waals surface area contributed by atoms with Crippen LogP contribution in [0.1, 0.15) is 0 Å². The molecule has 0 saturated carbocycles. The van der Waals surface area contributed by atoms with Crippen molar-refractivity contribution >= 4 is 38.1 Å². The molecule has 0 aliphatic carbocycles. The minimum absolute atomic E-state index is 0.192. The van der Waals surface area contributed by atoms with Crippen LogP contribution in [0.2, 0.25) is 0 Å². The number of nitrogens with one attached hydrogen (secondary N) is 1. The number of rotatable bonds is 5. The monoisotopic (exact) mass is 445 g/mol. The third-order valence-electron chi connectivity index (χ3n) is 4.60. The SMILES string of the molecule is O=S(=O)(Nc1cncc(-c2ccc3ncc(-c4cncs4)nc3c2)c1)c1ccccc1. The van der Waals surface area contributed by atoms with Crippen molar-refractivity contribution in [1.82, 2.24) is 19.9 Å². The minimum Gasteiger partial charge on any atom is -0.278 e. The van der Waals surface area contributed by atoms with Gasteiger partial charge in [0.2, 0.25) is 0 Å². The number of sulfonamides is 1. The molecule has 0 amide bonds. The predicted molar refractivity (Wildman–Crippen MR) is 121 cm³/mol. The van der Waals surface area contributed by atoms with Gasteiger partial charge in [-0.2, -0.15) is 0 Å². The van der Waals surface area contributed by atoms with Crippen LogP contribution in [0.25, 0.3) is 32.7 Å². The van der Waals surface area contributed by atoms with Crippen molar-refractivity contribution in [3.63, 3.8) is 0 Å². The van der Waals surface area contributed by atoms with E-state index in [-0.39, 0.29) is 4.90 Å². The molecule has 0 spiro atoms. The van der Waals surface area contributed by atoms with Gasteiger partial charge in [0.15, 0.2) is 0 Å². The van der Waals surface area contributed by atoms with Crippen molar-refractivity contribution in [1.29, 1.82) is 0 Å². The first kappa shape index (κ1) is 19.3. The average molecular weight is 446 g/mol. The van der Waals surface area contributed by atoms with Gasteiger partial charge in [0.25, 0.3) is 10.0 Å². The van der Waals surface area contributed by atoms with Crippen LogP contribution in [0.4, 0.5) is 5.69 Å². The summed E-state index contributed by atoms with van der Waals surface area (Å²) in [7, 11) is -3.69.